The maximum absolute atomic E-state index is 5.72. The molecule has 0 aliphatic carbocycles. The second-order valence-electron chi connectivity index (χ2n) is 4.86. The molecule has 3 N–H and O–H groups in total. The smallest absolute Gasteiger partial charge is 0.134 e. The van der Waals surface area contributed by atoms with Gasteiger partial charge in [-0.25, -0.2) is 9.97 Å². The number of hydrogen-bond donors (Lipinski definition) is 2. The number of nitrogens with one attached hydrogen (secondary N) is 1. The standard InChI is InChI=1S/C13H23N5/c1-3-15-12-8-13(17-10(2)16-12)18-6-4-11(9-14)5-7-18/h8,11H,3-7,9,14H2,1-2H3,(H,15,16,17). The van der Waals surface area contributed by atoms with E-state index >= 15 is 0 Å². The average molecular weight is 249 g/mol. The molecule has 0 atom stereocenters. The van der Waals surface area contributed by atoms with Crippen LogP contribution in [0.3, 0.4) is 0 Å². The van der Waals surface area contributed by atoms with E-state index in [1.807, 2.05) is 13.0 Å². The third-order valence-electron chi connectivity index (χ3n) is 3.45. The first-order valence-corrected chi connectivity index (χ1v) is 6.77. The van der Waals surface area contributed by atoms with Crippen molar-refractivity contribution in [3.63, 3.8) is 0 Å². The largest absolute Gasteiger partial charge is 0.370 e. The molecule has 0 unspecified atom stereocenters. The van der Waals surface area contributed by atoms with Gasteiger partial charge in [-0.05, 0) is 39.2 Å². The van der Waals surface area contributed by atoms with Crippen LogP contribution in [0.4, 0.5) is 11.6 Å². The zero-order valence-electron chi connectivity index (χ0n) is 11.3. The van der Waals surface area contributed by atoms with E-state index in [9.17, 15) is 0 Å². The van der Waals surface area contributed by atoms with E-state index in [1.165, 1.54) is 0 Å². The van der Waals surface area contributed by atoms with Gasteiger partial charge in [0.1, 0.15) is 17.5 Å². The Kier molecular flexibility index (Phi) is 4.36. The molecule has 1 aromatic rings. The fraction of sp³-hybridized carbons (Fsp3) is 0.692. The Balaban J connectivity index is 2.08. The van der Waals surface area contributed by atoms with E-state index in [-0.39, 0.29) is 0 Å². The summed E-state index contributed by atoms with van der Waals surface area (Å²) in [5.74, 6) is 3.46. The van der Waals surface area contributed by atoms with Crippen molar-refractivity contribution in [3.05, 3.63) is 11.9 Å². The molecule has 0 aromatic carbocycles. The molecule has 2 rings (SSSR count). The second kappa shape index (κ2) is 6.00. The molecule has 1 aliphatic heterocycles. The van der Waals surface area contributed by atoms with Gasteiger partial charge < -0.3 is 16.0 Å². The molecule has 1 saturated heterocycles. The average Bonchev–Trinajstić information content (AvgIpc) is 2.38. The second-order valence-corrected chi connectivity index (χ2v) is 4.86. The molecule has 1 aliphatic rings. The van der Waals surface area contributed by atoms with Crippen LogP contribution in [0.5, 0.6) is 0 Å². The molecular weight excluding hydrogens is 226 g/mol. The summed E-state index contributed by atoms with van der Waals surface area (Å²) in [6.07, 6.45) is 2.33. The fourth-order valence-electron chi connectivity index (χ4n) is 2.38. The number of hydrogen-bond acceptors (Lipinski definition) is 5. The highest BCUT2D eigenvalue weighted by atomic mass is 15.2. The van der Waals surface area contributed by atoms with Crippen molar-refractivity contribution in [2.45, 2.75) is 26.7 Å². The molecule has 1 fully saturated rings. The summed E-state index contributed by atoms with van der Waals surface area (Å²) in [5.41, 5.74) is 5.72. The Hall–Kier alpha value is -1.36. The van der Waals surface area contributed by atoms with E-state index in [0.29, 0.717) is 5.92 Å². The van der Waals surface area contributed by atoms with Crippen LogP contribution in [0, 0.1) is 12.8 Å². The Morgan fingerprint density at radius 2 is 2.11 bits per heavy atom. The molecule has 0 amide bonds. The van der Waals surface area contributed by atoms with Gasteiger partial charge in [0, 0.05) is 25.7 Å². The van der Waals surface area contributed by atoms with Gasteiger partial charge in [0.05, 0.1) is 0 Å². The summed E-state index contributed by atoms with van der Waals surface area (Å²) in [7, 11) is 0. The number of rotatable bonds is 4. The molecule has 0 radical (unpaired) electrons. The van der Waals surface area contributed by atoms with E-state index < -0.39 is 0 Å². The number of nitrogens with two attached hydrogens (primary N) is 1. The molecule has 1 aromatic heterocycles. The SMILES string of the molecule is CCNc1cc(N2CCC(CN)CC2)nc(C)n1. The van der Waals surface area contributed by atoms with Gasteiger partial charge in [0.15, 0.2) is 0 Å². The Morgan fingerprint density at radius 1 is 1.39 bits per heavy atom. The Bertz CT molecular complexity index is 385. The van der Waals surface area contributed by atoms with Crippen molar-refractivity contribution in [1.82, 2.24) is 9.97 Å². The topological polar surface area (TPSA) is 67.1 Å². The number of piperidine rings is 1. The minimum absolute atomic E-state index is 0.678. The zero-order valence-corrected chi connectivity index (χ0v) is 11.3. The van der Waals surface area contributed by atoms with Crippen LogP contribution in [0.15, 0.2) is 6.07 Å². The highest BCUT2D eigenvalue weighted by Crippen LogP contribution is 2.22. The lowest BCUT2D eigenvalue weighted by Gasteiger charge is -2.32. The minimum atomic E-state index is 0.678. The first-order chi connectivity index (χ1) is 8.72. The summed E-state index contributed by atoms with van der Waals surface area (Å²) < 4.78 is 0. The number of aryl methyl sites for hydroxylation is 1. The van der Waals surface area contributed by atoms with Gasteiger partial charge in [-0.3, -0.25) is 0 Å². The van der Waals surface area contributed by atoms with Gasteiger partial charge in [-0.2, -0.15) is 0 Å². The first-order valence-electron chi connectivity index (χ1n) is 6.77. The number of aromatic nitrogens is 2. The van der Waals surface area contributed by atoms with Crippen LogP contribution < -0.4 is 16.0 Å². The third kappa shape index (κ3) is 3.10. The molecular formula is C13H23N5. The maximum Gasteiger partial charge on any atom is 0.134 e. The third-order valence-corrected chi connectivity index (χ3v) is 3.45. The summed E-state index contributed by atoms with van der Waals surface area (Å²) in [6.45, 7) is 7.79. The van der Waals surface area contributed by atoms with Gasteiger partial charge in [-0.15, -0.1) is 0 Å². The molecule has 5 nitrogen and oxygen atoms in total. The minimum Gasteiger partial charge on any atom is -0.370 e. The van der Waals surface area contributed by atoms with Gasteiger partial charge in [-0.1, -0.05) is 0 Å². The quantitative estimate of drug-likeness (QED) is 0.844. The summed E-state index contributed by atoms with van der Waals surface area (Å²) >= 11 is 0. The van der Waals surface area contributed by atoms with Crippen LogP contribution in [0.25, 0.3) is 0 Å². The van der Waals surface area contributed by atoms with E-state index in [1.54, 1.807) is 0 Å². The molecule has 0 spiro atoms. The monoisotopic (exact) mass is 249 g/mol. The number of nitrogens with zero attached hydrogens (tertiary/aromatic N) is 3. The first kappa shape index (κ1) is 13.1. The fourth-order valence-corrected chi connectivity index (χ4v) is 2.38. The lowest BCUT2D eigenvalue weighted by molar-refractivity contribution is 0.413. The summed E-state index contributed by atoms with van der Waals surface area (Å²) in [6, 6.07) is 2.04. The summed E-state index contributed by atoms with van der Waals surface area (Å²) in [5, 5.41) is 3.25. The van der Waals surface area contributed by atoms with Crippen LogP contribution in [0.2, 0.25) is 0 Å². The molecule has 0 saturated carbocycles. The number of anilines is 2. The molecule has 0 bridgehead atoms. The van der Waals surface area contributed by atoms with Crippen molar-refractivity contribution in [2.75, 3.05) is 36.4 Å². The van der Waals surface area contributed by atoms with Crippen LogP contribution in [-0.2, 0) is 0 Å². The highest BCUT2D eigenvalue weighted by molar-refractivity contribution is 5.49. The van der Waals surface area contributed by atoms with E-state index in [4.69, 9.17) is 5.73 Å². The zero-order chi connectivity index (χ0) is 13.0. The lowest BCUT2D eigenvalue weighted by Crippen LogP contribution is -2.36. The van der Waals surface area contributed by atoms with Crippen LogP contribution in [-0.4, -0.2) is 36.1 Å². The Morgan fingerprint density at radius 3 is 2.72 bits per heavy atom. The molecule has 100 valence electrons. The van der Waals surface area contributed by atoms with Crippen molar-refractivity contribution < 1.29 is 0 Å². The molecule has 18 heavy (non-hydrogen) atoms. The highest BCUT2D eigenvalue weighted by Gasteiger charge is 2.19. The molecule has 2 heterocycles. The van der Waals surface area contributed by atoms with Crippen molar-refractivity contribution in [2.24, 2.45) is 11.7 Å². The van der Waals surface area contributed by atoms with Gasteiger partial charge >= 0.3 is 0 Å². The van der Waals surface area contributed by atoms with Crippen LogP contribution in [0.1, 0.15) is 25.6 Å². The normalized spacial score (nSPS) is 16.9. The lowest BCUT2D eigenvalue weighted by atomic mass is 9.97. The predicted molar refractivity (Wildman–Crippen MR) is 74.9 cm³/mol. The maximum atomic E-state index is 5.72. The van der Waals surface area contributed by atoms with Crippen molar-refractivity contribution in [3.8, 4) is 0 Å². The van der Waals surface area contributed by atoms with E-state index in [0.717, 1.165) is 56.5 Å². The summed E-state index contributed by atoms with van der Waals surface area (Å²) in [4.78, 5) is 11.2. The van der Waals surface area contributed by atoms with Gasteiger partial charge in [0.2, 0.25) is 0 Å². The Labute approximate surface area is 109 Å². The molecule has 5 heteroatoms. The van der Waals surface area contributed by atoms with Crippen molar-refractivity contribution >= 4 is 11.6 Å². The van der Waals surface area contributed by atoms with Gasteiger partial charge in [0.25, 0.3) is 0 Å². The van der Waals surface area contributed by atoms with Crippen LogP contribution >= 0.6 is 0 Å². The van der Waals surface area contributed by atoms with E-state index in [2.05, 4.69) is 27.1 Å². The van der Waals surface area contributed by atoms with Crippen molar-refractivity contribution in [1.29, 1.82) is 0 Å². The predicted octanol–water partition coefficient (Wildman–Crippen LogP) is 1.39.